The van der Waals surface area contributed by atoms with Crippen LogP contribution in [0.15, 0.2) is 60.7 Å². The lowest BCUT2D eigenvalue weighted by molar-refractivity contribution is -0.124. The zero-order valence-corrected chi connectivity index (χ0v) is 17.6. The summed E-state index contributed by atoms with van der Waals surface area (Å²) in [7, 11) is 3.25. The zero-order valence-electron chi connectivity index (χ0n) is 15.4. The molecule has 0 aliphatic carbocycles. The molecule has 0 atom stereocenters. The van der Waals surface area contributed by atoms with E-state index in [0.29, 0.717) is 13.0 Å². The molecule has 0 aromatic heterocycles. The van der Waals surface area contributed by atoms with Crippen LogP contribution in [0, 0.1) is 14.9 Å². The molecular formula is C22H21IN2O2. The fourth-order valence-corrected chi connectivity index (χ4v) is 2.80. The highest BCUT2D eigenvalue weighted by Gasteiger charge is 2.12. The van der Waals surface area contributed by atoms with Crippen LogP contribution in [-0.4, -0.2) is 24.9 Å². The molecule has 0 bridgehead atoms. The molecule has 0 saturated heterocycles. The van der Waals surface area contributed by atoms with Crippen LogP contribution in [0.4, 0.5) is 0 Å². The van der Waals surface area contributed by atoms with Gasteiger partial charge in [0, 0.05) is 17.7 Å². The van der Waals surface area contributed by atoms with E-state index < -0.39 is 0 Å². The van der Waals surface area contributed by atoms with Crippen LogP contribution < -0.4 is 4.74 Å². The monoisotopic (exact) mass is 472 g/mol. The molecule has 0 heterocycles. The van der Waals surface area contributed by atoms with E-state index >= 15 is 0 Å². The second kappa shape index (κ2) is 9.93. The molecule has 0 spiro atoms. The Hall–Kier alpha value is -2.59. The quantitative estimate of drug-likeness (QED) is 0.256. The molecule has 4 nitrogen and oxygen atoms in total. The Morgan fingerprint density at radius 2 is 1.96 bits per heavy atom. The van der Waals surface area contributed by atoms with Gasteiger partial charge in [-0.15, -0.1) is 6.58 Å². The number of hydrogen-bond donors (Lipinski definition) is 0. The molecule has 0 aliphatic heterocycles. The molecule has 0 saturated carbocycles. The van der Waals surface area contributed by atoms with Crippen molar-refractivity contribution in [2.75, 3.05) is 14.1 Å². The number of nitrogens with zero attached hydrogens (tertiary/aromatic N) is 2. The van der Waals surface area contributed by atoms with E-state index in [-0.39, 0.29) is 11.5 Å². The van der Waals surface area contributed by atoms with Gasteiger partial charge in [-0.2, -0.15) is 5.26 Å². The van der Waals surface area contributed by atoms with E-state index in [0.717, 1.165) is 22.4 Å². The van der Waals surface area contributed by atoms with Crippen molar-refractivity contribution in [2.45, 2.75) is 13.0 Å². The first-order valence-corrected chi connectivity index (χ1v) is 9.47. The summed E-state index contributed by atoms with van der Waals surface area (Å²) in [4.78, 5) is 13.4. The number of carbonyl (C=O) groups excluding carboxylic acids is 1. The average molecular weight is 472 g/mol. The average Bonchev–Trinajstić information content (AvgIpc) is 2.66. The summed E-state index contributed by atoms with van der Waals surface area (Å²) < 4.78 is 7.16. The summed E-state index contributed by atoms with van der Waals surface area (Å²) in [5.74, 6) is 0.449. The van der Waals surface area contributed by atoms with Crippen molar-refractivity contribution >= 4 is 34.6 Å². The lowest BCUT2D eigenvalue weighted by Gasteiger charge is -2.12. The second-order valence-corrected chi connectivity index (χ2v) is 7.39. The molecule has 5 heteroatoms. The normalized spacial score (nSPS) is 10.8. The highest BCUT2D eigenvalue weighted by molar-refractivity contribution is 14.1. The van der Waals surface area contributed by atoms with Gasteiger partial charge >= 0.3 is 0 Å². The van der Waals surface area contributed by atoms with Crippen LogP contribution in [0.5, 0.6) is 5.75 Å². The molecule has 0 aliphatic rings. The summed E-state index contributed by atoms with van der Waals surface area (Å²) in [6, 6.07) is 15.8. The number of carbonyl (C=O) groups is 1. The van der Waals surface area contributed by atoms with E-state index in [1.165, 1.54) is 8.47 Å². The molecule has 0 unspecified atom stereocenters. The van der Waals surface area contributed by atoms with Crippen LogP contribution >= 0.6 is 22.6 Å². The fourth-order valence-electron chi connectivity index (χ4n) is 2.44. The van der Waals surface area contributed by atoms with Gasteiger partial charge in [0.05, 0.1) is 0 Å². The van der Waals surface area contributed by atoms with Gasteiger partial charge in [0.25, 0.3) is 5.91 Å². The fraction of sp³-hybridized carbons (Fsp3) is 0.182. The molecule has 0 fully saturated rings. The van der Waals surface area contributed by atoms with Crippen molar-refractivity contribution in [3.05, 3.63) is 81.0 Å². The zero-order chi connectivity index (χ0) is 19.8. The van der Waals surface area contributed by atoms with Gasteiger partial charge in [0.2, 0.25) is 0 Å². The van der Waals surface area contributed by atoms with E-state index in [4.69, 9.17) is 4.74 Å². The standard InChI is InChI=1S/C22H21IN2O2/c1-4-5-18-12-17(13-19(14-24)22(26)25(2)3)8-11-21(18)27-15-16-6-9-20(23)10-7-16/h4,6-13H,1,5,15H2,2-3H3/b19-13-. The van der Waals surface area contributed by atoms with Gasteiger partial charge in [0.15, 0.2) is 0 Å². The largest absolute Gasteiger partial charge is 0.489 e. The lowest BCUT2D eigenvalue weighted by atomic mass is 10.0. The maximum atomic E-state index is 12.0. The molecule has 1 amide bonds. The third kappa shape index (κ3) is 5.97. The summed E-state index contributed by atoms with van der Waals surface area (Å²) in [5.41, 5.74) is 2.92. The minimum Gasteiger partial charge on any atom is -0.489 e. The number of nitriles is 1. The summed E-state index contributed by atoms with van der Waals surface area (Å²) in [5, 5.41) is 9.26. The maximum absolute atomic E-state index is 12.0. The van der Waals surface area contributed by atoms with Crippen molar-refractivity contribution in [3.8, 4) is 11.8 Å². The van der Waals surface area contributed by atoms with Crippen LogP contribution in [0.2, 0.25) is 0 Å². The van der Waals surface area contributed by atoms with Crippen LogP contribution in [0.3, 0.4) is 0 Å². The highest BCUT2D eigenvalue weighted by atomic mass is 127. The maximum Gasteiger partial charge on any atom is 0.264 e. The number of amides is 1. The van der Waals surface area contributed by atoms with Crippen molar-refractivity contribution < 1.29 is 9.53 Å². The Labute approximate surface area is 173 Å². The van der Waals surface area contributed by atoms with E-state index in [1.54, 1.807) is 26.2 Å². The molecule has 138 valence electrons. The number of ether oxygens (including phenoxy) is 1. The van der Waals surface area contributed by atoms with Gasteiger partial charge < -0.3 is 9.64 Å². The number of likely N-dealkylation sites (N-methyl/N-ethyl adjacent to an activating group) is 1. The van der Waals surface area contributed by atoms with Crippen molar-refractivity contribution in [3.63, 3.8) is 0 Å². The van der Waals surface area contributed by atoms with Crippen molar-refractivity contribution in [2.24, 2.45) is 0 Å². The van der Waals surface area contributed by atoms with Gasteiger partial charge in [-0.25, -0.2) is 0 Å². The second-order valence-electron chi connectivity index (χ2n) is 6.14. The highest BCUT2D eigenvalue weighted by Crippen LogP contribution is 2.24. The Bertz CT molecular complexity index is 894. The minimum absolute atomic E-state index is 0.0945. The van der Waals surface area contributed by atoms with Gasteiger partial charge in [-0.3, -0.25) is 4.79 Å². The van der Waals surface area contributed by atoms with Crippen LogP contribution in [-0.2, 0) is 17.8 Å². The van der Waals surface area contributed by atoms with Crippen molar-refractivity contribution in [1.29, 1.82) is 5.26 Å². The minimum atomic E-state index is -0.318. The molecular weight excluding hydrogens is 451 g/mol. The number of rotatable bonds is 7. The van der Waals surface area contributed by atoms with E-state index in [1.807, 2.05) is 48.5 Å². The number of halogens is 1. The summed E-state index contributed by atoms with van der Waals surface area (Å²) in [6.45, 7) is 4.27. The van der Waals surface area contributed by atoms with Crippen LogP contribution in [0.1, 0.15) is 16.7 Å². The predicted molar refractivity (Wildman–Crippen MR) is 116 cm³/mol. The summed E-state index contributed by atoms with van der Waals surface area (Å²) in [6.07, 6.45) is 4.03. The third-order valence-electron chi connectivity index (χ3n) is 3.82. The predicted octanol–water partition coefficient (Wildman–Crippen LogP) is 4.59. The Balaban J connectivity index is 2.25. The molecule has 0 N–H and O–H groups in total. The Morgan fingerprint density at radius 3 is 2.56 bits per heavy atom. The van der Waals surface area contributed by atoms with Crippen LogP contribution in [0.25, 0.3) is 6.08 Å². The van der Waals surface area contributed by atoms with E-state index in [9.17, 15) is 10.1 Å². The van der Waals surface area contributed by atoms with Gasteiger partial charge in [-0.05, 0) is 76.0 Å². The Morgan fingerprint density at radius 1 is 1.26 bits per heavy atom. The number of hydrogen-bond acceptors (Lipinski definition) is 3. The van der Waals surface area contributed by atoms with Gasteiger partial charge in [-0.1, -0.05) is 24.3 Å². The first-order valence-electron chi connectivity index (χ1n) is 8.39. The van der Waals surface area contributed by atoms with E-state index in [2.05, 4.69) is 29.2 Å². The van der Waals surface area contributed by atoms with Gasteiger partial charge in [0.1, 0.15) is 24.0 Å². The molecule has 27 heavy (non-hydrogen) atoms. The molecule has 0 radical (unpaired) electrons. The first-order chi connectivity index (χ1) is 12.9. The lowest BCUT2D eigenvalue weighted by Crippen LogP contribution is -2.22. The topological polar surface area (TPSA) is 53.3 Å². The smallest absolute Gasteiger partial charge is 0.264 e. The number of allylic oxidation sites excluding steroid dienone is 1. The first kappa shape index (κ1) is 20.7. The number of benzene rings is 2. The van der Waals surface area contributed by atoms with Crippen molar-refractivity contribution in [1.82, 2.24) is 4.90 Å². The SMILES string of the molecule is C=CCc1cc(/C=C(/C#N)C(=O)N(C)C)ccc1OCc1ccc(I)cc1. The molecule has 2 rings (SSSR count). The molecule has 2 aromatic carbocycles. The summed E-state index contributed by atoms with van der Waals surface area (Å²) >= 11 is 2.27. The Kier molecular flexibility index (Phi) is 7.62. The third-order valence-corrected chi connectivity index (χ3v) is 4.54. The molecule has 2 aromatic rings.